The van der Waals surface area contributed by atoms with Gasteiger partial charge in [-0.3, -0.25) is 0 Å². The van der Waals surface area contributed by atoms with Gasteiger partial charge in [0.2, 0.25) is 0 Å². The molecule has 1 heterocycles. The molecule has 0 aliphatic rings. The number of carboxylic acids is 1. The molecule has 100 valence electrons. The van der Waals surface area contributed by atoms with Gasteiger partial charge in [-0.05, 0) is 25.7 Å². The molecule has 2 aromatic rings. The number of carbonyl (C=O) groups is 1. The molecule has 6 heteroatoms. The fourth-order valence-corrected chi connectivity index (χ4v) is 1.92. The van der Waals surface area contributed by atoms with E-state index in [4.69, 9.17) is 21.2 Å². The van der Waals surface area contributed by atoms with E-state index in [0.29, 0.717) is 16.3 Å². The van der Waals surface area contributed by atoms with Gasteiger partial charge >= 0.3 is 5.97 Å². The summed E-state index contributed by atoms with van der Waals surface area (Å²) < 4.78 is 4.99. The lowest BCUT2D eigenvalue weighted by molar-refractivity contribution is 0.0686. The van der Waals surface area contributed by atoms with Gasteiger partial charge in [0, 0.05) is 23.2 Å². The van der Waals surface area contributed by atoms with Crippen molar-refractivity contribution in [1.29, 1.82) is 0 Å². The van der Waals surface area contributed by atoms with E-state index in [1.807, 2.05) is 31.1 Å². The van der Waals surface area contributed by atoms with Crippen LogP contribution in [0.4, 0.5) is 0 Å². The number of nitrogens with zero attached hydrogens (tertiary/aromatic N) is 2. The van der Waals surface area contributed by atoms with Crippen molar-refractivity contribution in [3.63, 3.8) is 0 Å². The molecular formula is C13H13ClN2O3. The molecule has 0 amide bonds. The Morgan fingerprint density at radius 1 is 1.42 bits per heavy atom. The van der Waals surface area contributed by atoms with Crippen molar-refractivity contribution in [2.45, 2.75) is 6.54 Å². The van der Waals surface area contributed by atoms with E-state index >= 15 is 0 Å². The Kier molecular flexibility index (Phi) is 3.87. The normalized spacial score (nSPS) is 10.9. The quantitative estimate of drug-likeness (QED) is 0.933. The van der Waals surface area contributed by atoms with Gasteiger partial charge < -0.3 is 14.5 Å². The van der Waals surface area contributed by atoms with E-state index in [-0.39, 0.29) is 5.69 Å². The molecule has 0 saturated heterocycles. The molecule has 19 heavy (non-hydrogen) atoms. The van der Waals surface area contributed by atoms with E-state index < -0.39 is 5.97 Å². The smallest absolute Gasteiger partial charge is 0.358 e. The zero-order valence-electron chi connectivity index (χ0n) is 10.6. The Balaban J connectivity index is 2.30. The van der Waals surface area contributed by atoms with Crippen LogP contribution in [0.5, 0.6) is 0 Å². The van der Waals surface area contributed by atoms with E-state index in [1.165, 1.54) is 6.07 Å². The fraction of sp³-hybridized carbons (Fsp3) is 0.231. The van der Waals surface area contributed by atoms with E-state index in [1.54, 1.807) is 6.07 Å². The first-order chi connectivity index (χ1) is 8.97. The number of hydrogen-bond donors (Lipinski definition) is 1. The fourth-order valence-electron chi connectivity index (χ4n) is 1.68. The molecule has 0 bridgehead atoms. The summed E-state index contributed by atoms with van der Waals surface area (Å²) in [4.78, 5) is 12.7. The lowest BCUT2D eigenvalue weighted by Gasteiger charge is -2.11. The summed E-state index contributed by atoms with van der Waals surface area (Å²) in [7, 11) is 3.92. The number of carboxylic acid groups (broad SMARTS) is 1. The molecule has 2 rings (SSSR count). The highest BCUT2D eigenvalue weighted by Gasteiger charge is 2.13. The molecule has 0 saturated carbocycles. The predicted molar refractivity (Wildman–Crippen MR) is 71.3 cm³/mol. The van der Waals surface area contributed by atoms with Gasteiger partial charge in [0.25, 0.3) is 0 Å². The zero-order chi connectivity index (χ0) is 14.0. The molecule has 1 aromatic heterocycles. The van der Waals surface area contributed by atoms with Crippen molar-refractivity contribution in [2.24, 2.45) is 0 Å². The van der Waals surface area contributed by atoms with Crippen LogP contribution in [0.15, 0.2) is 28.8 Å². The van der Waals surface area contributed by atoms with Crippen LogP contribution in [-0.4, -0.2) is 35.2 Å². The van der Waals surface area contributed by atoms with Crippen LogP contribution < -0.4 is 0 Å². The summed E-state index contributed by atoms with van der Waals surface area (Å²) in [5.41, 5.74) is 1.57. The van der Waals surface area contributed by atoms with Crippen LogP contribution in [0, 0.1) is 0 Å². The maximum atomic E-state index is 10.7. The highest BCUT2D eigenvalue weighted by atomic mass is 35.5. The van der Waals surface area contributed by atoms with Crippen molar-refractivity contribution >= 4 is 17.6 Å². The van der Waals surface area contributed by atoms with E-state index in [2.05, 4.69) is 5.16 Å². The maximum absolute atomic E-state index is 10.7. The second-order valence-corrected chi connectivity index (χ2v) is 4.83. The number of rotatable bonds is 4. The third-order valence-electron chi connectivity index (χ3n) is 2.55. The molecule has 1 N–H and O–H groups in total. The van der Waals surface area contributed by atoms with Gasteiger partial charge in [-0.15, -0.1) is 0 Å². The molecule has 0 spiro atoms. The van der Waals surface area contributed by atoms with Gasteiger partial charge in [-0.1, -0.05) is 28.9 Å². The second-order valence-electron chi connectivity index (χ2n) is 4.43. The van der Waals surface area contributed by atoms with Gasteiger partial charge in [0.15, 0.2) is 11.5 Å². The lowest BCUT2D eigenvalue weighted by Crippen LogP contribution is -2.10. The van der Waals surface area contributed by atoms with Crippen LogP contribution in [0.1, 0.15) is 16.1 Å². The Morgan fingerprint density at radius 3 is 2.68 bits per heavy atom. The van der Waals surface area contributed by atoms with Crippen LogP contribution in [0.3, 0.4) is 0 Å². The van der Waals surface area contributed by atoms with Crippen LogP contribution >= 0.6 is 11.6 Å². The summed E-state index contributed by atoms with van der Waals surface area (Å²) >= 11 is 6.19. The average Bonchev–Trinajstić information content (AvgIpc) is 2.80. The number of aromatic nitrogens is 1. The molecule has 0 atom stereocenters. The average molecular weight is 281 g/mol. The molecular weight excluding hydrogens is 268 g/mol. The summed E-state index contributed by atoms with van der Waals surface area (Å²) in [5, 5.41) is 12.9. The first-order valence-corrected chi connectivity index (χ1v) is 5.98. The SMILES string of the molecule is CN(C)Cc1ccc(-c2cc(C(=O)O)no2)cc1Cl. The highest BCUT2D eigenvalue weighted by Crippen LogP contribution is 2.26. The Morgan fingerprint density at radius 2 is 2.16 bits per heavy atom. The summed E-state index contributed by atoms with van der Waals surface area (Å²) in [6.45, 7) is 0.732. The molecule has 5 nitrogen and oxygen atoms in total. The Bertz CT molecular complexity index is 608. The Labute approximate surface area is 115 Å². The van der Waals surface area contributed by atoms with Gasteiger partial charge in [-0.2, -0.15) is 0 Å². The van der Waals surface area contributed by atoms with Crippen LogP contribution in [0.2, 0.25) is 5.02 Å². The number of halogens is 1. The van der Waals surface area contributed by atoms with Crippen molar-refractivity contribution < 1.29 is 14.4 Å². The van der Waals surface area contributed by atoms with Crippen LogP contribution in [0.25, 0.3) is 11.3 Å². The molecule has 0 unspecified atom stereocenters. The van der Waals surface area contributed by atoms with Gasteiger partial charge in [0.05, 0.1) is 0 Å². The van der Waals surface area contributed by atoms with Gasteiger partial charge in [-0.25, -0.2) is 4.79 Å². The third kappa shape index (κ3) is 3.13. The van der Waals surface area contributed by atoms with Crippen LogP contribution in [-0.2, 0) is 6.54 Å². The van der Waals surface area contributed by atoms with Crippen molar-refractivity contribution in [3.8, 4) is 11.3 Å². The summed E-state index contributed by atoms with van der Waals surface area (Å²) in [5.74, 6) is -0.735. The largest absolute Gasteiger partial charge is 0.476 e. The summed E-state index contributed by atoms with van der Waals surface area (Å²) in [6, 6.07) is 6.84. The standard InChI is InChI=1S/C13H13ClN2O3/c1-16(2)7-9-4-3-8(5-10(9)14)12-6-11(13(17)18)15-19-12/h3-6H,7H2,1-2H3,(H,17,18). The minimum Gasteiger partial charge on any atom is -0.476 e. The molecule has 0 aliphatic carbocycles. The highest BCUT2D eigenvalue weighted by molar-refractivity contribution is 6.31. The van der Waals surface area contributed by atoms with E-state index in [0.717, 1.165) is 12.1 Å². The first-order valence-electron chi connectivity index (χ1n) is 5.61. The summed E-state index contributed by atoms with van der Waals surface area (Å²) in [6.07, 6.45) is 0. The molecule has 1 aromatic carbocycles. The zero-order valence-corrected chi connectivity index (χ0v) is 11.3. The van der Waals surface area contributed by atoms with Crippen molar-refractivity contribution in [1.82, 2.24) is 10.1 Å². The third-order valence-corrected chi connectivity index (χ3v) is 2.91. The number of aromatic carboxylic acids is 1. The number of hydrogen-bond acceptors (Lipinski definition) is 4. The van der Waals surface area contributed by atoms with Crippen molar-refractivity contribution in [3.05, 3.63) is 40.5 Å². The van der Waals surface area contributed by atoms with Crippen molar-refractivity contribution in [2.75, 3.05) is 14.1 Å². The molecule has 0 aliphatic heterocycles. The molecule has 0 radical (unpaired) electrons. The van der Waals surface area contributed by atoms with E-state index in [9.17, 15) is 4.79 Å². The lowest BCUT2D eigenvalue weighted by atomic mass is 10.1. The first kappa shape index (κ1) is 13.6. The van der Waals surface area contributed by atoms with Gasteiger partial charge in [0.1, 0.15) is 0 Å². The monoisotopic (exact) mass is 280 g/mol. The predicted octanol–water partition coefficient (Wildman–Crippen LogP) is 2.75. The minimum atomic E-state index is -1.12. The Hall–Kier alpha value is -1.85. The number of benzene rings is 1. The molecule has 0 fully saturated rings. The maximum Gasteiger partial charge on any atom is 0.358 e. The minimum absolute atomic E-state index is 0.122. The second kappa shape index (κ2) is 5.42. The topological polar surface area (TPSA) is 66.6 Å².